The minimum Gasteiger partial charge on any atom is -0.496 e. The number of benzene rings is 2. The molecule has 112 valence electrons. The molecule has 0 aliphatic heterocycles. The summed E-state index contributed by atoms with van der Waals surface area (Å²) >= 11 is 0. The molecule has 2 N–H and O–H groups in total. The first-order chi connectivity index (χ1) is 9.85. The second-order valence-corrected chi connectivity index (χ2v) is 5.81. The second kappa shape index (κ2) is 5.86. The molecule has 0 aromatic heterocycles. The van der Waals surface area contributed by atoms with Gasteiger partial charge in [0.15, 0.2) is 0 Å². The van der Waals surface area contributed by atoms with E-state index in [2.05, 4.69) is 13.0 Å². The van der Waals surface area contributed by atoms with E-state index in [9.17, 15) is 4.39 Å². The third-order valence-electron chi connectivity index (χ3n) is 3.98. The summed E-state index contributed by atoms with van der Waals surface area (Å²) in [6.45, 7) is 6.06. The van der Waals surface area contributed by atoms with Crippen LogP contribution in [0.15, 0.2) is 36.4 Å². The third kappa shape index (κ3) is 3.24. The maximum atomic E-state index is 13.0. The van der Waals surface area contributed by atoms with E-state index in [1.807, 2.05) is 19.9 Å². The fourth-order valence-electron chi connectivity index (χ4n) is 2.62. The highest BCUT2D eigenvalue weighted by molar-refractivity contribution is 5.48. The normalized spacial score (nSPS) is 13.8. The molecule has 0 amide bonds. The van der Waals surface area contributed by atoms with Gasteiger partial charge in [-0.2, -0.15) is 0 Å². The summed E-state index contributed by atoms with van der Waals surface area (Å²) in [5, 5.41) is 0. The van der Waals surface area contributed by atoms with Crippen molar-refractivity contribution in [1.29, 1.82) is 0 Å². The highest BCUT2D eigenvalue weighted by Gasteiger charge is 2.26. The fraction of sp³-hybridized carbons (Fsp3) is 0.333. The molecule has 0 bridgehead atoms. The number of nitrogens with two attached hydrogens (primary N) is 1. The SMILES string of the molecule is COc1c(C(C)(N)Cc2ccc(F)cc2)ccc(C)c1C. The number of halogens is 1. The van der Waals surface area contributed by atoms with Crippen molar-refractivity contribution in [3.8, 4) is 5.75 Å². The van der Waals surface area contributed by atoms with Crippen LogP contribution in [0, 0.1) is 19.7 Å². The first kappa shape index (κ1) is 15.5. The van der Waals surface area contributed by atoms with E-state index in [0.717, 1.165) is 22.4 Å². The van der Waals surface area contributed by atoms with Crippen molar-refractivity contribution in [3.63, 3.8) is 0 Å². The van der Waals surface area contributed by atoms with Gasteiger partial charge in [-0.25, -0.2) is 4.39 Å². The molecule has 0 aliphatic rings. The average Bonchev–Trinajstić information content (AvgIpc) is 2.43. The van der Waals surface area contributed by atoms with E-state index in [-0.39, 0.29) is 5.82 Å². The minimum atomic E-state index is -0.582. The molecule has 0 saturated carbocycles. The Kier molecular flexibility index (Phi) is 4.33. The van der Waals surface area contributed by atoms with Gasteiger partial charge in [-0.3, -0.25) is 0 Å². The molecular weight excluding hydrogens is 265 g/mol. The number of rotatable bonds is 4. The van der Waals surface area contributed by atoms with Gasteiger partial charge in [-0.15, -0.1) is 0 Å². The summed E-state index contributed by atoms with van der Waals surface area (Å²) in [5.74, 6) is 0.600. The Labute approximate surface area is 125 Å². The molecule has 2 aromatic carbocycles. The highest BCUT2D eigenvalue weighted by Crippen LogP contribution is 2.34. The van der Waals surface area contributed by atoms with Crippen LogP contribution in [-0.4, -0.2) is 7.11 Å². The number of methoxy groups -OCH3 is 1. The van der Waals surface area contributed by atoms with Crippen molar-refractivity contribution in [1.82, 2.24) is 0 Å². The quantitative estimate of drug-likeness (QED) is 0.926. The molecule has 1 atom stereocenters. The van der Waals surface area contributed by atoms with E-state index < -0.39 is 5.54 Å². The molecule has 2 nitrogen and oxygen atoms in total. The predicted molar refractivity (Wildman–Crippen MR) is 84.1 cm³/mol. The van der Waals surface area contributed by atoms with Crippen LogP contribution in [0.2, 0.25) is 0 Å². The maximum Gasteiger partial charge on any atom is 0.127 e. The zero-order chi connectivity index (χ0) is 15.6. The van der Waals surface area contributed by atoms with Gasteiger partial charge in [0.05, 0.1) is 7.11 Å². The average molecular weight is 287 g/mol. The van der Waals surface area contributed by atoms with Gasteiger partial charge >= 0.3 is 0 Å². The largest absolute Gasteiger partial charge is 0.496 e. The maximum absolute atomic E-state index is 13.0. The minimum absolute atomic E-state index is 0.235. The molecule has 0 fully saturated rings. The van der Waals surface area contributed by atoms with E-state index >= 15 is 0 Å². The molecule has 0 aliphatic carbocycles. The molecule has 2 rings (SSSR count). The van der Waals surface area contributed by atoms with Crippen LogP contribution >= 0.6 is 0 Å². The van der Waals surface area contributed by atoms with Crippen LogP contribution in [0.1, 0.15) is 29.2 Å². The van der Waals surface area contributed by atoms with Crippen LogP contribution in [0.4, 0.5) is 4.39 Å². The summed E-state index contributed by atoms with van der Waals surface area (Å²) in [6.07, 6.45) is 0.617. The Balaban J connectivity index is 2.39. The van der Waals surface area contributed by atoms with Crippen molar-refractivity contribution < 1.29 is 9.13 Å². The van der Waals surface area contributed by atoms with Gasteiger partial charge < -0.3 is 10.5 Å². The van der Waals surface area contributed by atoms with Gasteiger partial charge in [0.1, 0.15) is 11.6 Å². The van der Waals surface area contributed by atoms with E-state index in [1.54, 1.807) is 19.2 Å². The van der Waals surface area contributed by atoms with E-state index in [1.165, 1.54) is 17.7 Å². The molecule has 21 heavy (non-hydrogen) atoms. The molecule has 0 spiro atoms. The van der Waals surface area contributed by atoms with Crippen LogP contribution in [-0.2, 0) is 12.0 Å². The van der Waals surface area contributed by atoms with Gasteiger partial charge in [0.25, 0.3) is 0 Å². The lowest BCUT2D eigenvalue weighted by Crippen LogP contribution is -2.36. The highest BCUT2D eigenvalue weighted by atomic mass is 19.1. The summed E-state index contributed by atoms with van der Waals surface area (Å²) in [7, 11) is 1.67. The molecule has 1 unspecified atom stereocenters. The van der Waals surface area contributed by atoms with Gasteiger partial charge in [-0.05, 0) is 56.0 Å². The Morgan fingerprint density at radius 3 is 2.29 bits per heavy atom. The monoisotopic (exact) mass is 287 g/mol. The summed E-state index contributed by atoms with van der Waals surface area (Å²) < 4.78 is 18.6. The third-order valence-corrected chi connectivity index (χ3v) is 3.98. The summed E-state index contributed by atoms with van der Waals surface area (Å²) in [6, 6.07) is 10.5. The summed E-state index contributed by atoms with van der Waals surface area (Å²) in [5.41, 5.74) is 10.2. The zero-order valence-corrected chi connectivity index (χ0v) is 13.0. The van der Waals surface area contributed by atoms with Crippen molar-refractivity contribution in [2.75, 3.05) is 7.11 Å². The van der Waals surface area contributed by atoms with Crippen LogP contribution in [0.3, 0.4) is 0 Å². The van der Waals surface area contributed by atoms with Crippen molar-refractivity contribution in [2.24, 2.45) is 5.73 Å². The van der Waals surface area contributed by atoms with Gasteiger partial charge in [0.2, 0.25) is 0 Å². The predicted octanol–water partition coefficient (Wildman–Crippen LogP) is 3.87. The lowest BCUT2D eigenvalue weighted by molar-refractivity contribution is 0.383. The Morgan fingerprint density at radius 1 is 1.10 bits per heavy atom. The summed E-state index contributed by atoms with van der Waals surface area (Å²) in [4.78, 5) is 0. The van der Waals surface area contributed by atoms with Crippen molar-refractivity contribution in [3.05, 3.63) is 64.5 Å². The van der Waals surface area contributed by atoms with Crippen LogP contribution in [0.5, 0.6) is 5.75 Å². The molecule has 0 radical (unpaired) electrons. The molecule has 2 aromatic rings. The molecule has 3 heteroatoms. The van der Waals surface area contributed by atoms with Crippen molar-refractivity contribution in [2.45, 2.75) is 32.7 Å². The first-order valence-electron chi connectivity index (χ1n) is 7.03. The fourth-order valence-corrected chi connectivity index (χ4v) is 2.62. The van der Waals surface area contributed by atoms with E-state index in [4.69, 9.17) is 10.5 Å². The molecule has 0 heterocycles. The van der Waals surface area contributed by atoms with Crippen LogP contribution < -0.4 is 10.5 Å². The zero-order valence-electron chi connectivity index (χ0n) is 13.0. The number of hydrogen-bond donors (Lipinski definition) is 1. The van der Waals surface area contributed by atoms with E-state index in [0.29, 0.717) is 6.42 Å². The number of hydrogen-bond acceptors (Lipinski definition) is 2. The van der Waals surface area contributed by atoms with Gasteiger partial charge in [0, 0.05) is 11.1 Å². The Hall–Kier alpha value is -1.87. The molecular formula is C18H22FNO. The van der Waals surface area contributed by atoms with Gasteiger partial charge in [-0.1, -0.05) is 24.3 Å². The Morgan fingerprint density at radius 2 is 1.71 bits per heavy atom. The topological polar surface area (TPSA) is 35.2 Å². The number of ether oxygens (including phenoxy) is 1. The number of aryl methyl sites for hydroxylation is 1. The standard InChI is InChI=1S/C18H22FNO/c1-12-5-10-16(17(21-4)13(12)2)18(3,20)11-14-6-8-15(19)9-7-14/h5-10H,11,20H2,1-4H3. The lowest BCUT2D eigenvalue weighted by atomic mass is 9.84. The molecule has 0 saturated heterocycles. The smallest absolute Gasteiger partial charge is 0.127 e. The lowest BCUT2D eigenvalue weighted by Gasteiger charge is -2.28. The first-order valence-corrected chi connectivity index (χ1v) is 7.03. The van der Waals surface area contributed by atoms with Crippen LogP contribution in [0.25, 0.3) is 0 Å². The van der Waals surface area contributed by atoms with Crippen molar-refractivity contribution >= 4 is 0 Å². The second-order valence-electron chi connectivity index (χ2n) is 5.81. The Bertz CT molecular complexity index is 632.